The Kier molecular flexibility index (Phi) is 18.4. The van der Waals surface area contributed by atoms with Crippen LogP contribution in [0.5, 0.6) is 0 Å². The summed E-state index contributed by atoms with van der Waals surface area (Å²) in [6.45, 7) is 11.0. The first-order chi connectivity index (χ1) is 9.55. The van der Waals surface area contributed by atoms with E-state index in [4.69, 9.17) is 0 Å². The van der Waals surface area contributed by atoms with Gasteiger partial charge in [0.15, 0.2) is 0 Å². The SMILES string of the molecule is Cc1c(C)c(C)[c-](C)c1C.[C-]1=CC=CC1.[C-]1=CC=CC1.[Cl-].[Cl-].[Zr+2]. The van der Waals surface area contributed by atoms with Crippen molar-refractivity contribution >= 4 is 0 Å². The number of hydrogen-bond donors (Lipinski definition) is 0. The maximum Gasteiger partial charge on any atom is 2.00 e. The van der Waals surface area contributed by atoms with Crippen molar-refractivity contribution in [1.29, 1.82) is 0 Å². The van der Waals surface area contributed by atoms with Crippen LogP contribution in [0.15, 0.2) is 36.5 Å². The third kappa shape index (κ3) is 9.60. The van der Waals surface area contributed by atoms with E-state index in [1.54, 1.807) is 0 Å². The fourth-order valence-corrected chi connectivity index (χ4v) is 2.09. The topological polar surface area (TPSA) is 0 Å². The molecule has 1 aromatic carbocycles. The van der Waals surface area contributed by atoms with Crippen molar-refractivity contribution in [2.24, 2.45) is 0 Å². The molecule has 0 aliphatic heterocycles. The Morgan fingerprint density at radius 1 is 0.783 bits per heavy atom. The first kappa shape index (κ1) is 27.6. The van der Waals surface area contributed by atoms with E-state index in [0.29, 0.717) is 0 Å². The minimum atomic E-state index is 0. The Hall–Kier alpha value is -0.227. The molecule has 3 heteroatoms. The van der Waals surface area contributed by atoms with Crippen molar-refractivity contribution in [3.63, 3.8) is 0 Å². The first-order valence-corrected chi connectivity index (χ1v) is 7.18. The third-order valence-electron chi connectivity index (χ3n) is 3.98. The molecule has 0 radical (unpaired) electrons. The van der Waals surface area contributed by atoms with Gasteiger partial charge in [0, 0.05) is 0 Å². The summed E-state index contributed by atoms with van der Waals surface area (Å²) in [5, 5.41) is 0. The molecule has 0 saturated carbocycles. The maximum absolute atomic E-state index is 2.99. The molecule has 0 saturated heterocycles. The summed E-state index contributed by atoms with van der Waals surface area (Å²) < 4.78 is 0. The van der Waals surface area contributed by atoms with Gasteiger partial charge in [0.2, 0.25) is 0 Å². The van der Waals surface area contributed by atoms with Gasteiger partial charge < -0.3 is 24.8 Å². The van der Waals surface area contributed by atoms with Crippen molar-refractivity contribution in [2.75, 3.05) is 0 Å². The Morgan fingerprint density at radius 3 is 1.22 bits per heavy atom. The normalized spacial score (nSPS) is 12.2. The van der Waals surface area contributed by atoms with Crippen molar-refractivity contribution in [3.05, 3.63) is 76.4 Å². The molecule has 23 heavy (non-hydrogen) atoms. The molecule has 0 atom stereocenters. The monoisotopic (exact) mass is 425 g/mol. The summed E-state index contributed by atoms with van der Waals surface area (Å²) >= 11 is 0. The third-order valence-corrected chi connectivity index (χ3v) is 3.98. The molecule has 0 nitrogen and oxygen atoms in total. The van der Waals surface area contributed by atoms with Gasteiger partial charge in [0.25, 0.3) is 0 Å². The van der Waals surface area contributed by atoms with Gasteiger partial charge in [-0.2, -0.15) is 40.0 Å². The molecular formula is C20H25Cl2Zr-3. The van der Waals surface area contributed by atoms with Crippen LogP contribution in [0, 0.1) is 46.8 Å². The zero-order valence-electron chi connectivity index (χ0n) is 14.6. The Labute approximate surface area is 174 Å². The molecular weight excluding hydrogens is 402 g/mol. The predicted molar refractivity (Wildman–Crippen MR) is 88.9 cm³/mol. The average molecular weight is 428 g/mol. The molecule has 2 aliphatic carbocycles. The van der Waals surface area contributed by atoms with E-state index in [9.17, 15) is 0 Å². The molecule has 0 amide bonds. The second kappa shape index (κ2) is 15.3. The predicted octanol–water partition coefficient (Wildman–Crippen LogP) is -0.436. The summed E-state index contributed by atoms with van der Waals surface area (Å²) in [6, 6.07) is 0. The van der Waals surface area contributed by atoms with Crippen LogP contribution in [0.1, 0.15) is 40.7 Å². The molecule has 0 spiro atoms. The maximum atomic E-state index is 2.99. The van der Waals surface area contributed by atoms with Crippen LogP contribution in [0.25, 0.3) is 0 Å². The van der Waals surface area contributed by atoms with Crippen LogP contribution in [-0.4, -0.2) is 0 Å². The second-order valence-electron chi connectivity index (χ2n) is 5.13. The van der Waals surface area contributed by atoms with Crippen LogP contribution in [0.4, 0.5) is 0 Å². The fraction of sp³-hybridized carbons (Fsp3) is 0.350. The molecule has 3 rings (SSSR count). The summed E-state index contributed by atoms with van der Waals surface area (Å²) in [6.07, 6.45) is 20.0. The van der Waals surface area contributed by atoms with Crippen LogP contribution < -0.4 is 24.8 Å². The zero-order chi connectivity index (χ0) is 15.0. The van der Waals surface area contributed by atoms with E-state index in [0.717, 1.165) is 12.8 Å². The van der Waals surface area contributed by atoms with Crippen molar-refractivity contribution in [2.45, 2.75) is 47.5 Å². The van der Waals surface area contributed by atoms with Crippen molar-refractivity contribution in [3.8, 4) is 0 Å². The molecule has 126 valence electrons. The molecule has 0 heterocycles. The van der Waals surface area contributed by atoms with Gasteiger partial charge in [0.1, 0.15) is 0 Å². The van der Waals surface area contributed by atoms with Gasteiger partial charge in [-0.15, -0.1) is 12.8 Å². The van der Waals surface area contributed by atoms with E-state index in [1.165, 1.54) is 27.8 Å². The summed E-state index contributed by atoms with van der Waals surface area (Å²) in [7, 11) is 0. The van der Waals surface area contributed by atoms with E-state index in [2.05, 4.69) is 58.9 Å². The van der Waals surface area contributed by atoms with Crippen LogP contribution in [0.3, 0.4) is 0 Å². The molecule has 2 aliphatic rings. The van der Waals surface area contributed by atoms with Crippen LogP contribution in [0.2, 0.25) is 0 Å². The average Bonchev–Trinajstić information content (AvgIpc) is 3.22. The molecule has 0 N–H and O–H groups in total. The summed E-state index contributed by atoms with van der Waals surface area (Å²) in [5.41, 5.74) is 7.34. The van der Waals surface area contributed by atoms with E-state index < -0.39 is 0 Å². The van der Waals surface area contributed by atoms with E-state index in [1.807, 2.05) is 24.3 Å². The zero-order valence-corrected chi connectivity index (χ0v) is 18.6. The van der Waals surface area contributed by atoms with Gasteiger partial charge in [0.05, 0.1) is 0 Å². The van der Waals surface area contributed by atoms with Gasteiger partial charge in [-0.1, -0.05) is 34.6 Å². The Bertz CT molecular complexity index is 424. The van der Waals surface area contributed by atoms with Gasteiger partial charge >= 0.3 is 26.2 Å². The quantitative estimate of drug-likeness (QED) is 0.493. The number of halogens is 2. The molecule has 0 aromatic heterocycles. The van der Waals surface area contributed by atoms with Gasteiger partial charge in [-0.25, -0.2) is 24.3 Å². The van der Waals surface area contributed by atoms with Crippen LogP contribution >= 0.6 is 0 Å². The smallest absolute Gasteiger partial charge is 1.00 e. The van der Waals surface area contributed by atoms with Gasteiger partial charge in [-0.05, 0) is 0 Å². The number of hydrogen-bond acceptors (Lipinski definition) is 0. The van der Waals surface area contributed by atoms with E-state index >= 15 is 0 Å². The first-order valence-electron chi connectivity index (χ1n) is 7.18. The largest absolute Gasteiger partial charge is 2.00 e. The Morgan fingerprint density at radius 2 is 1.13 bits per heavy atom. The second-order valence-corrected chi connectivity index (χ2v) is 5.13. The molecule has 0 unspecified atom stereocenters. The fourth-order valence-electron chi connectivity index (χ4n) is 2.09. The van der Waals surface area contributed by atoms with Crippen molar-refractivity contribution in [1.82, 2.24) is 0 Å². The number of rotatable bonds is 0. The molecule has 0 fully saturated rings. The van der Waals surface area contributed by atoms with Crippen molar-refractivity contribution < 1.29 is 51.0 Å². The minimum Gasteiger partial charge on any atom is -1.00 e. The van der Waals surface area contributed by atoms with Crippen LogP contribution in [-0.2, 0) is 26.2 Å². The van der Waals surface area contributed by atoms with E-state index in [-0.39, 0.29) is 51.0 Å². The molecule has 1 aromatic rings. The summed E-state index contributed by atoms with van der Waals surface area (Å²) in [5.74, 6) is 0. The summed E-state index contributed by atoms with van der Waals surface area (Å²) in [4.78, 5) is 0. The Balaban J connectivity index is -0.000000265. The minimum absolute atomic E-state index is 0. The van der Waals surface area contributed by atoms with Gasteiger partial charge in [-0.3, -0.25) is 12.2 Å². The molecule has 0 bridgehead atoms. The standard InChI is InChI=1S/C10H15.2C5H5.2ClH.Zr/c1-6-7(2)9(4)10(5)8(6)3;2*1-2-4-5-3-1;;;/h1-5H3;2*1-3H,4H2;2*1H;/q3*-1;;;+2/p-2. The number of allylic oxidation sites excluding steroid dienone is 8.